The van der Waals surface area contributed by atoms with Crippen molar-refractivity contribution in [3.63, 3.8) is 0 Å². The van der Waals surface area contributed by atoms with Crippen LogP contribution in [0.3, 0.4) is 0 Å². The van der Waals surface area contributed by atoms with E-state index in [0.29, 0.717) is 26.6 Å². The zero-order chi connectivity index (χ0) is 14.0. The van der Waals surface area contributed by atoms with Gasteiger partial charge in [-0.25, -0.2) is 4.39 Å². The Kier molecular flexibility index (Phi) is 4.17. The molecule has 0 aliphatic rings. The summed E-state index contributed by atoms with van der Waals surface area (Å²) in [5, 5.41) is 3.60. The average Bonchev–Trinajstić information content (AvgIpc) is 2.38. The van der Waals surface area contributed by atoms with Crippen LogP contribution in [0.2, 0.25) is 5.02 Å². The van der Waals surface area contributed by atoms with Gasteiger partial charge in [0.25, 0.3) is 0 Å². The topological polar surface area (TPSA) is 47.3 Å². The predicted molar refractivity (Wildman–Crippen MR) is 79.8 cm³/mol. The van der Waals surface area contributed by atoms with Crippen molar-refractivity contribution in [1.29, 1.82) is 0 Å². The third-order valence-corrected chi connectivity index (χ3v) is 3.44. The van der Waals surface area contributed by atoms with Crippen LogP contribution in [-0.2, 0) is 0 Å². The third-order valence-electron chi connectivity index (χ3n) is 2.52. The summed E-state index contributed by atoms with van der Waals surface area (Å²) in [5.41, 5.74) is 7.41. The summed E-state index contributed by atoms with van der Waals surface area (Å²) >= 11 is 9.06. The van der Waals surface area contributed by atoms with Crippen molar-refractivity contribution in [1.82, 2.24) is 0 Å². The lowest BCUT2D eigenvalue weighted by Crippen LogP contribution is -1.98. The van der Waals surface area contributed by atoms with Crippen molar-refractivity contribution in [2.24, 2.45) is 0 Å². The van der Waals surface area contributed by atoms with Gasteiger partial charge in [-0.3, -0.25) is 0 Å². The Bertz CT molecular complexity index is 622. The molecule has 0 aliphatic carbocycles. The lowest BCUT2D eigenvalue weighted by molar-refractivity contribution is 0.415. The molecule has 0 heterocycles. The molecule has 0 unspecified atom stereocenters. The van der Waals surface area contributed by atoms with E-state index in [1.807, 2.05) is 0 Å². The number of hydrogen-bond donors (Lipinski definition) is 2. The van der Waals surface area contributed by atoms with Crippen LogP contribution in [0, 0.1) is 5.82 Å². The molecular formula is C13H11BrClFN2O. The SMILES string of the molecule is COc1cc(Nc2cc(Br)c(F)cc2N)ccc1Cl. The van der Waals surface area contributed by atoms with Crippen molar-refractivity contribution < 1.29 is 9.13 Å². The smallest absolute Gasteiger partial charge is 0.139 e. The maximum Gasteiger partial charge on any atom is 0.139 e. The van der Waals surface area contributed by atoms with Crippen LogP contribution in [-0.4, -0.2) is 7.11 Å². The zero-order valence-corrected chi connectivity index (χ0v) is 12.3. The molecule has 6 heteroatoms. The molecule has 0 saturated carbocycles. The van der Waals surface area contributed by atoms with Crippen molar-refractivity contribution in [3.8, 4) is 5.75 Å². The van der Waals surface area contributed by atoms with Gasteiger partial charge in [0.1, 0.15) is 11.6 Å². The van der Waals surface area contributed by atoms with Crippen LogP contribution in [0.15, 0.2) is 34.8 Å². The van der Waals surface area contributed by atoms with E-state index in [1.54, 1.807) is 24.3 Å². The average molecular weight is 346 g/mol. The van der Waals surface area contributed by atoms with E-state index in [2.05, 4.69) is 21.2 Å². The van der Waals surface area contributed by atoms with Crippen LogP contribution >= 0.6 is 27.5 Å². The van der Waals surface area contributed by atoms with Crippen LogP contribution in [0.5, 0.6) is 5.75 Å². The second-order valence-corrected chi connectivity index (χ2v) is 5.09. The van der Waals surface area contributed by atoms with Gasteiger partial charge in [-0.15, -0.1) is 0 Å². The van der Waals surface area contributed by atoms with Gasteiger partial charge in [-0.1, -0.05) is 11.6 Å². The first-order chi connectivity index (χ1) is 9.01. The van der Waals surface area contributed by atoms with Gasteiger partial charge in [0, 0.05) is 17.8 Å². The standard InChI is InChI=1S/C13H11BrClFN2O/c1-19-13-4-7(2-3-9(13)15)18-12-5-8(14)10(16)6-11(12)17/h2-6,18H,17H2,1H3. The van der Waals surface area contributed by atoms with E-state index in [1.165, 1.54) is 13.2 Å². The number of nitrogens with two attached hydrogens (primary N) is 1. The quantitative estimate of drug-likeness (QED) is 0.801. The van der Waals surface area contributed by atoms with E-state index in [0.717, 1.165) is 5.69 Å². The van der Waals surface area contributed by atoms with Gasteiger partial charge in [0.15, 0.2) is 0 Å². The first kappa shape index (κ1) is 14.0. The number of ether oxygens (including phenoxy) is 1. The Morgan fingerprint density at radius 2 is 2.05 bits per heavy atom. The largest absolute Gasteiger partial charge is 0.495 e. The molecule has 2 aromatic rings. The first-order valence-electron chi connectivity index (χ1n) is 5.36. The van der Waals surface area contributed by atoms with Crippen molar-refractivity contribution in [2.45, 2.75) is 0 Å². The Balaban J connectivity index is 2.33. The molecule has 0 atom stereocenters. The molecule has 0 bridgehead atoms. The lowest BCUT2D eigenvalue weighted by Gasteiger charge is -2.12. The third kappa shape index (κ3) is 3.11. The molecule has 0 aromatic heterocycles. The molecule has 100 valence electrons. The number of anilines is 3. The van der Waals surface area contributed by atoms with Crippen LogP contribution < -0.4 is 15.8 Å². The highest BCUT2D eigenvalue weighted by atomic mass is 79.9. The van der Waals surface area contributed by atoms with Gasteiger partial charge in [0.05, 0.1) is 28.0 Å². The summed E-state index contributed by atoms with van der Waals surface area (Å²) in [4.78, 5) is 0. The highest BCUT2D eigenvalue weighted by Crippen LogP contribution is 2.32. The summed E-state index contributed by atoms with van der Waals surface area (Å²) in [6.07, 6.45) is 0. The normalized spacial score (nSPS) is 10.3. The van der Waals surface area contributed by atoms with Crippen molar-refractivity contribution >= 4 is 44.6 Å². The van der Waals surface area contributed by atoms with Crippen LogP contribution in [0.25, 0.3) is 0 Å². The van der Waals surface area contributed by atoms with Crippen molar-refractivity contribution in [3.05, 3.63) is 45.6 Å². The summed E-state index contributed by atoms with van der Waals surface area (Å²) < 4.78 is 18.7. The van der Waals surface area contributed by atoms with E-state index in [9.17, 15) is 4.39 Å². The minimum absolute atomic E-state index is 0.314. The maximum absolute atomic E-state index is 13.3. The van der Waals surface area contributed by atoms with E-state index in [4.69, 9.17) is 22.1 Å². The number of hydrogen-bond acceptors (Lipinski definition) is 3. The van der Waals surface area contributed by atoms with E-state index >= 15 is 0 Å². The van der Waals surface area contributed by atoms with E-state index in [-0.39, 0.29) is 0 Å². The Morgan fingerprint density at radius 1 is 1.32 bits per heavy atom. The Labute approximate surface area is 123 Å². The molecule has 0 saturated heterocycles. The van der Waals surface area contributed by atoms with Gasteiger partial charge in [-0.05, 0) is 34.1 Å². The minimum Gasteiger partial charge on any atom is -0.495 e. The maximum atomic E-state index is 13.3. The van der Waals surface area contributed by atoms with Gasteiger partial charge in [-0.2, -0.15) is 0 Å². The monoisotopic (exact) mass is 344 g/mol. The van der Waals surface area contributed by atoms with Gasteiger partial charge in [0.2, 0.25) is 0 Å². The molecule has 0 aliphatic heterocycles. The first-order valence-corrected chi connectivity index (χ1v) is 6.53. The summed E-state index contributed by atoms with van der Waals surface area (Å²) in [6, 6.07) is 8.05. The Hall–Kier alpha value is -1.46. The molecule has 19 heavy (non-hydrogen) atoms. The number of nitrogens with one attached hydrogen (secondary N) is 1. The predicted octanol–water partition coefficient (Wildman–Crippen LogP) is 4.58. The molecule has 0 radical (unpaired) electrons. The minimum atomic E-state index is -0.406. The molecule has 3 N–H and O–H groups in total. The van der Waals surface area contributed by atoms with Gasteiger partial charge < -0.3 is 15.8 Å². The zero-order valence-electron chi connectivity index (χ0n) is 10.0. The summed E-state index contributed by atoms with van der Waals surface area (Å²) in [6.45, 7) is 0. The van der Waals surface area contributed by atoms with Crippen LogP contribution in [0.4, 0.5) is 21.5 Å². The fourth-order valence-electron chi connectivity index (χ4n) is 1.56. The number of halogens is 3. The highest BCUT2D eigenvalue weighted by molar-refractivity contribution is 9.10. The fraction of sp³-hybridized carbons (Fsp3) is 0.0769. The van der Waals surface area contributed by atoms with Crippen molar-refractivity contribution in [2.75, 3.05) is 18.2 Å². The Morgan fingerprint density at radius 3 is 2.74 bits per heavy atom. The van der Waals surface area contributed by atoms with E-state index < -0.39 is 5.82 Å². The number of methoxy groups -OCH3 is 1. The molecule has 2 rings (SSSR count). The number of nitrogen functional groups attached to an aromatic ring is 1. The summed E-state index contributed by atoms with van der Waals surface area (Å²) in [7, 11) is 1.54. The van der Waals surface area contributed by atoms with Gasteiger partial charge >= 0.3 is 0 Å². The highest BCUT2D eigenvalue weighted by Gasteiger charge is 2.08. The second-order valence-electron chi connectivity index (χ2n) is 3.83. The fourth-order valence-corrected chi connectivity index (χ4v) is 2.10. The molecule has 0 fully saturated rings. The number of benzene rings is 2. The lowest BCUT2D eigenvalue weighted by atomic mass is 10.2. The molecule has 0 spiro atoms. The summed E-state index contributed by atoms with van der Waals surface area (Å²) in [5.74, 6) is 0.142. The molecule has 0 amide bonds. The second kappa shape index (κ2) is 5.67. The van der Waals surface area contributed by atoms with Crippen LogP contribution in [0.1, 0.15) is 0 Å². The number of rotatable bonds is 3. The molecule has 3 nitrogen and oxygen atoms in total. The molecule has 2 aromatic carbocycles. The molecular weight excluding hydrogens is 335 g/mol.